The van der Waals surface area contributed by atoms with Crippen LogP contribution in [0.5, 0.6) is 17.4 Å². The smallest absolute Gasteiger partial charge is 0.236 e. The number of benzene rings is 2. The van der Waals surface area contributed by atoms with Crippen molar-refractivity contribution in [2.45, 2.75) is 19.9 Å². The Morgan fingerprint density at radius 3 is 2.69 bits per heavy atom. The first-order valence-electron chi connectivity index (χ1n) is 8.83. The Morgan fingerprint density at radius 2 is 2.00 bits per heavy atom. The maximum Gasteiger partial charge on any atom is 0.236 e. The molecule has 0 aliphatic carbocycles. The Kier molecular flexibility index (Phi) is 6.58. The van der Waals surface area contributed by atoms with Gasteiger partial charge in [-0.3, -0.25) is 5.41 Å². The number of ether oxygens (including phenoxy) is 1. The minimum absolute atomic E-state index is 0.0191. The molecule has 152 valence electrons. The van der Waals surface area contributed by atoms with Gasteiger partial charge in [0.15, 0.2) is 0 Å². The molecule has 29 heavy (non-hydrogen) atoms. The number of hydrogen-bond donors (Lipinski definition) is 5. The van der Waals surface area contributed by atoms with Gasteiger partial charge in [-0.2, -0.15) is 4.37 Å². The van der Waals surface area contributed by atoms with Gasteiger partial charge < -0.3 is 25.6 Å². The summed E-state index contributed by atoms with van der Waals surface area (Å²) in [5, 5.41) is 34.3. The van der Waals surface area contributed by atoms with Crippen LogP contribution in [0.4, 0.5) is 10.7 Å². The minimum Gasteiger partial charge on any atom is -0.492 e. The highest BCUT2D eigenvalue weighted by Gasteiger charge is 2.19. The van der Waals surface area contributed by atoms with Crippen molar-refractivity contribution in [2.24, 2.45) is 0 Å². The van der Waals surface area contributed by atoms with Crippen LogP contribution in [0, 0.1) is 12.3 Å². The first kappa shape index (κ1) is 20.9. The van der Waals surface area contributed by atoms with Gasteiger partial charge in [0, 0.05) is 11.7 Å². The predicted octanol–water partition coefficient (Wildman–Crippen LogP) is 4.64. The third-order valence-electron chi connectivity index (χ3n) is 4.02. The maximum absolute atomic E-state index is 10.0. The zero-order valence-electron chi connectivity index (χ0n) is 15.9. The van der Waals surface area contributed by atoms with Gasteiger partial charge in [-0.15, -0.1) is 0 Å². The van der Waals surface area contributed by atoms with Crippen molar-refractivity contribution in [2.75, 3.05) is 11.9 Å². The summed E-state index contributed by atoms with van der Waals surface area (Å²) in [6, 6.07) is 12.5. The van der Waals surface area contributed by atoms with E-state index < -0.39 is 0 Å². The summed E-state index contributed by atoms with van der Waals surface area (Å²) in [6.45, 7) is 3.57. The second-order valence-electron chi connectivity index (χ2n) is 6.50. The minimum atomic E-state index is -0.320. The molecule has 0 bridgehead atoms. The lowest BCUT2D eigenvalue weighted by Crippen LogP contribution is -2.35. The second-order valence-corrected chi connectivity index (χ2v) is 7.68. The molecule has 3 rings (SSSR count). The van der Waals surface area contributed by atoms with Crippen LogP contribution in [0.3, 0.4) is 0 Å². The molecular weight excluding hydrogens is 412 g/mol. The first-order chi connectivity index (χ1) is 13.9. The molecule has 0 aliphatic rings. The average Bonchev–Trinajstić information content (AvgIpc) is 3.06. The number of rotatable bonds is 7. The zero-order chi connectivity index (χ0) is 21.0. The largest absolute Gasteiger partial charge is 0.492 e. The van der Waals surface area contributed by atoms with E-state index >= 15 is 0 Å². The highest BCUT2D eigenvalue weighted by molar-refractivity contribution is 7.11. The first-order valence-corrected chi connectivity index (χ1v) is 9.98. The molecule has 5 N–H and O–H groups in total. The van der Waals surface area contributed by atoms with Crippen molar-refractivity contribution in [3.63, 3.8) is 0 Å². The van der Waals surface area contributed by atoms with Gasteiger partial charge in [0.2, 0.25) is 5.88 Å². The molecule has 1 atom stereocenters. The molecular formula is C20H21ClN4O3S. The number of aryl methyl sites for hydroxylation is 1. The molecule has 1 unspecified atom stereocenters. The summed E-state index contributed by atoms with van der Waals surface area (Å²) >= 11 is 7.21. The quantitative estimate of drug-likeness (QED) is 0.275. The Hall–Kier alpha value is -2.81. The van der Waals surface area contributed by atoms with Crippen LogP contribution in [-0.4, -0.2) is 33.1 Å². The predicted molar refractivity (Wildman–Crippen MR) is 116 cm³/mol. The SMILES string of the molecule is Cc1ccc(Cl)c(Oc2ccc(Nc3snc(O)c3C(=N)NC(C)CO)cc2)c1. The number of aromatic nitrogens is 1. The molecule has 0 saturated heterocycles. The van der Waals surface area contributed by atoms with Crippen molar-refractivity contribution >= 4 is 39.7 Å². The fourth-order valence-electron chi connectivity index (χ4n) is 2.51. The summed E-state index contributed by atoms with van der Waals surface area (Å²) in [5.41, 5.74) is 2.04. The normalized spacial score (nSPS) is 11.7. The van der Waals surface area contributed by atoms with Crippen molar-refractivity contribution in [3.05, 3.63) is 58.6 Å². The molecule has 0 aliphatic heterocycles. The van der Waals surface area contributed by atoms with Crippen LogP contribution in [0.1, 0.15) is 18.1 Å². The number of nitrogens with zero attached hydrogens (tertiary/aromatic N) is 1. The van der Waals surface area contributed by atoms with Gasteiger partial charge >= 0.3 is 0 Å². The number of halogens is 1. The fraction of sp³-hybridized carbons (Fsp3) is 0.200. The number of amidine groups is 1. The van der Waals surface area contributed by atoms with E-state index in [1.54, 1.807) is 25.1 Å². The molecule has 1 aromatic heterocycles. The van der Waals surface area contributed by atoms with E-state index in [2.05, 4.69) is 15.0 Å². The van der Waals surface area contributed by atoms with E-state index in [0.29, 0.717) is 21.5 Å². The van der Waals surface area contributed by atoms with Gasteiger partial charge in [-0.1, -0.05) is 17.7 Å². The van der Waals surface area contributed by atoms with Crippen LogP contribution >= 0.6 is 23.1 Å². The molecule has 0 amide bonds. The highest BCUT2D eigenvalue weighted by Crippen LogP contribution is 2.34. The third kappa shape index (κ3) is 5.17. The van der Waals surface area contributed by atoms with Gasteiger partial charge in [0.25, 0.3) is 0 Å². The van der Waals surface area contributed by atoms with E-state index in [9.17, 15) is 5.11 Å². The molecule has 0 fully saturated rings. The molecule has 7 nitrogen and oxygen atoms in total. The van der Waals surface area contributed by atoms with Crippen LogP contribution in [0.15, 0.2) is 42.5 Å². The Morgan fingerprint density at radius 1 is 1.28 bits per heavy atom. The standard InChI is InChI=1S/C20H21ClN4O3S/c1-11-3-8-15(21)16(9-11)28-14-6-4-13(5-7-14)24-20-17(19(27)25-29-20)18(22)23-12(2)10-26/h3-9,12,24,26H,10H2,1-2H3,(H2,22,23)(H,25,27). The number of aliphatic hydroxyl groups excluding tert-OH is 1. The second kappa shape index (κ2) is 9.13. The zero-order valence-corrected chi connectivity index (χ0v) is 17.4. The van der Waals surface area contributed by atoms with E-state index in [-0.39, 0.29) is 29.9 Å². The summed E-state index contributed by atoms with van der Waals surface area (Å²) in [7, 11) is 0. The van der Waals surface area contributed by atoms with Crippen molar-refractivity contribution in [1.82, 2.24) is 9.69 Å². The summed E-state index contributed by atoms with van der Waals surface area (Å²) in [6.07, 6.45) is 0. The van der Waals surface area contributed by atoms with Crippen LogP contribution in [0.25, 0.3) is 0 Å². The number of aromatic hydroxyl groups is 1. The van der Waals surface area contributed by atoms with E-state index in [1.165, 1.54) is 0 Å². The van der Waals surface area contributed by atoms with Crippen molar-refractivity contribution in [1.29, 1.82) is 5.41 Å². The number of anilines is 2. The lowest BCUT2D eigenvalue weighted by Gasteiger charge is -2.14. The van der Waals surface area contributed by atoms with Gasteiger partial charge in [-0.25, -0.2) is 0 Å². The number of nitrogens with one attached hydrogen (secondary N) is 3. The van der Waals surface area contributed by atoms with Crippen molar-refractivity contribution in [3.8, 4) is 17.4 Å². The Bertz CT molecular complexity index is 1010. The molecule has 0 spiro atoms. The monoisotopic (exact) mass is 432 g/mol. The highest BCUT2D eigenvalue weighted by atomic mass is 35.5. The Labute approximate surface area is 177 Å². The maximum atomic E-state index is 10.0. The van der Waals surface area contributed by atoms with E-state index in [0.717, 1.165) is 22.8 Å². The molecule has 0 saturated carbocycles. The third-order valence-corrected chi connectivity index (χ3v) is 5.08. The summed E-state index contributed by atoms with van der Waals surface area (Å²) in [4.78, 5) is 0. The fourth-order valence-corrected chi connectivity index (χ4v) is 3.38. The molecule has 3 aromatic rings. The molecule has 0 radical (unpaired) electrons. The number of hydrogen-bond acceptors (Lipinski definition) is 7. The summed E-state index contributed by atoms with van der Waals surface area (Å²) in [5.74, 6) is 0.949. The summed E-state index contributed by atoms with van der Waals surface area (Å²) < 4.78 is 9.75. The van der Waals surface area contributed by atoms with Crippen LogP contribution in [0.2, 0.25) is 5.02 Å². The van der Waals surface area contributed by atoms with Gasteiger partial charge in [0.05, 0.1) is 11.6 Å². The average molecular weight is 433 g/mol. The lowest BCUT2D eigenvalue weighted by molar-refractivity contribution is 0.264. The molecule has 2 aromatic carbocycles. The molecule has 9 heteroatoms. The topological polar surface area (TPSA) is 110 Å². The van der Waals surface area contributed by atoms with Crippen molar-refractivity contribution < 1.29 is 14.9 Å². The van der Waals surface area contributed by atoms with E-state index in [1.807, 2.05) is 31.2 Å². The Balaban J connectivity index is 1.73. The van der Waals surface area contributed by atoms with E-state index in [4.69, 9.17) is 26.9 Å². The van der Waals surface area contributed by atoms with Gasteiger partial charge in [0.1, 0.15) is 27.9 Å². The number of aliphatic hydroxyl groups is 1. The van der Waals surface area contributed by atoms with Crippen LogP contribution in [-0.2, 0) is 0 Å². The lowest BCUT2D eigenvalue weighted by atomic mass is 10.2. The molecule has 1 heterocycles. The van der Waals surface area contributed by atoms with Crippen LogP contribution < -0.4 is 15.4 Å². The van der Waals surface area contributed by atoms with Gasteiger partial charge in [-0.05, 0) is 67.3 Å².